The highest BCUT2D eigenvalue weighted by Gasteiger charge is 2.08. The molecule has 0 radical (unpaired) electrons. The molecule has 0 aliphatic heterocycles. The van der Waals surface area contributed by atoms with E-state index in [0.29, 0.717) is 5.58 Å². The van der Waals surface area contributed by atoms with E-state index in [0.717, 1.165) is 5.39 Å². The molecule has 74 valence electrons. The van der Waals surface area contributed by atoms with E-state index in [9.17, 15) is 4.79 Å². The molecule has 2 rings (SSSR count). The SMILES string of the molecule is CC.O=C(O)c1cc2ccccc2o1. The van der Waals surface area contributed by atoms with Crippen LogP contribution in [0.2, 0.25) is 0 Å². The second-order valence-electron chi connectivity index (χ2n) is 2.45. The lowest BCUT2D eigenvalue weighted by molar-refractivity contribution is 0.0665. The number of carbonyl (C=O) groups is 1. The van der Waals surface area contributed by atoms with Crippen LogP contribution in [0.1, 0.15) is 24.4 Å². The Morgan fingerprint density at radius 2 is 1.93 bits per heavy atom. The van der Waals surface area contributed by atoms with Gasteiger partial charge >= 0.3 is 5.97 Å². The molecule has 0 amide bonds. The largest absolute Gasteiger partial charge is 0.475 e. The monoisotopic (exact) mass is 192 g/mol. The molecule has 3 heteroatoms. The van der Waals surface area contributed by atoms with Crippen LogP contribution in [0.4, 0.5) is 0 Å². The fourth-order valence-corrected chi connectivity index (χ4v) is 1.09. The number of carboxylic acids is 1. The van der Waals surface area contributed by atoms with Gasteiger partial charge in [0.15, 0.2) is 0 Å². The number of carboxylic acid groups (broad SMARTS) is 1. The summed E-state index contributed by atoms with van der Waals surface area (Å²) in [5.74, 6) is -1.05. The maximum atomic E-state index is 10.5. The second kappa shape index (κ2) is 4.46. The summed E-state index contributed by atoms with van der Waals surface area (Å²) in [4.78, 5) is 10.5. The molecule has 0 spiro atoms. The van der Waals surface area contributed by atoms with Crippen LogP contribution < -0.4 is 0 Å². The number of aromatic carboxylic acids is 1. The molecule has 0 fully saturated rings. The van der Waals surface area contributed by atoms with E-state index in [4.69, 9.17) is 9.52 Å². The van der Waals surface area contributed by atoms with Crippen molar-refractivity contribution in [2.75, 3.05) is 0 Å². The molecule has 3 nitrogen and oxygen atoms in total. The van der Waals surface area contributed by atoms with E-state index in [-0.39, 0.29) is 5.76 Å². The highest BCUT2D eigenvalue weighted by molar-refractivity contribution is 5.91. The van der Waals surface area contributed by atoms with Gasteiger partial charge < -0.3 is 9.52 Å². The molecular formula is C11H12O3. The maximum absolute atomic E-state index is 10.5. The molecule has 0 aliphatic carbocycles. The Bertz CT molecular complexity index is 396. The Morgan fingerprint density at radius 3 is 2.50 bits per heavy atom. The summed E-state index contributed by atoms with van der Waals surface area (Å²) in [6.07, 6.45) is 0. The number of benzene rings is 1. The quantitative estimate of drug-likeness (QED) is 0.755. The van der Waals surface area contributed by atoms with Crippen LogP contribution in [0.25, 0.3) is 11.0 Å². The highest BCUT2D eigenvalue weighted by Crippen LogP contribution is 2.18. The molecular weight excluding hydrogens is 180 g/mol. The van der Waals surface area contributed by atoms with Crippen LogP contribution >= 0.6 is 0 Å². The smallest absolute Gasteiger partial charge is 0.371 e. The molecule has 14 heavy (non-hydrogen) atoms. The standard InChI is InChI=1S/C9H6O3.C2H6/c10-9(11)8-5-6-3-1-2-4-7(6)12-8;1-2/h1-5H,(H,10,11);1-2H3. The minimum Gasteiger partial charge on any atom is -0.475 e. The van der Waals surface area contributed by atoms with Gasteiger partial charge in [0.05, 0.1) is 0 Å². The molecule has 0 atom stereocenters. The van der Waals surface area contributed by atoms with Gasteiger partial charge in [-0.2, -0.15) is 0 Å². The summed E-state index contributed by atoms with van der Waals surface area (Å²) < 4.78 is 5.03. The van der Waals surface area contributed by atoms with Crippen molar-refractivity contribution >= 4 is 16.9 Å². The fourth-order valence-electron chi connectivity index (χ4n) is 1.09. The van der Waals surface area contributed by atoms with E-state index in [1.165, 1.54) is 6.07 Å². The number of fused-ring (bicyclic) bond motifs is 1. The zero-order valence-electron chi connectivity index (χ0n) is 8.15. The Balaban J connectivity index is 0.000000461. The predicted molar refractivity (Wildman–Crippen MR) is 54.5 cm³/mol. The average Bonchev–Trinajstić information content (AvgIpc) is 2.64. The van der Waals surface area contributed by atoms with Crippen LogP contribution in [0.3, 0.4) is 0 Å². The summed E-state index contributed by atoms with van der Waals surface area (Å²) in [5, 5.41) is 9.41. The average molecular weight is 192 g/mol. The van der Waals surface area contributed by atoms with Crippen LogP contribution in [0.5, 0.6) is 0 Å². The number of para-hydroxylation sites is 1. The summed E-state index contributed by atoms with van der Waals surface area (Å²) >= 11 is 0. The molecule has 0 saturated heterocycles. The Labute approximate surface area is 82.0 Å². The number of hydrogen-bond donors (Lipinski definition) is 1. The van der Waals surface area contributed by atoms with E-state index in [2.05, 4.69) is 0 Å². The number of rotatable bonds is 1. The van der Waals surface area contributed by atoms with Crippen molar-refractivity contribution in [1.29, 1.82) is 0 Å². The molecule has 0 saturated carbocycles. The second-order valence-corrected chi connectivity index (χ2v) is 2.45. The van der Waals surface area contributed by atoms with Crippen molar-refractivity contribution in [2.24, 2.45) is 0 Å². The van der Waals surface area contributed by atoms with Gasteiger partial charge in [0.2, 0.25) is 5.76 Å². The van der Waals surface area contributed by atoms with Gasteiger partial charge in [0, 0.05) is 5.39 Å². The lowest BCUT2D eigenvalue weighted by Crippen LogP contribution is -1.91. The predicted octanol–water partition coefficient (Wildman–Crippen LogP) is 3.16. The van der Waals surface area contributed by atoms with Crippen LogP contribution in [-0.4, -0.2) is 11.1 Å². The summed E-state index contributed by atoms with van der Waals surface area (Å²) in [6, 6.07) is 8.70. The Hall–Kier alpha value is -1.77. The van der Waals surface area contributed by atoms with E-state index >= 15 is 0 Å². The van der Waals surface area contributed by atoms with Crippen molar-refractivity contribution < 1.29 is 14.3 Å². The van der Waals surface area contributed by atoms with Crippen molar-refractivity contribution in [3.05, 3.63) is 36.1 Å². The van der Waals surface area contributed by atoms with Crippen LogP contribution in [0, 0.1) is 0 Å². The van der Waals surface area contributed by atoms with E-state index < -0.39 is 5.97 Å². The zero-order chi connectivity index (χ0) is 10.6. The van der Waals surface area contributed by atoms with Gasteiger partial charge in [0.1, 0.15) is 5.58 Å². The maximum Gasteiger partial charge on any atom is 0.371 e. The topological polar surface area (TPSA) is 50.4 Å². The Morgan fingerprint density at radius 1 is 1.29 bits per heavy atom. The molecule has 2 aromatic rings. The van der Waals surface area contributed by atoms with Gasteiger partial charge in [-0.1, -0.05) is 32.0 Å². The number of hydrogen-bond acceptors (Lipinski definition) is 2. The van der Waals surface area contributed by atoms with E-state index in [1.54, 1.807) is 12.1 Å². The van der Waals surface area contributed by atoms with Crippen molar-refractivity contribution in [2.45, 2.75) is 13.8 Å². The molecule has 1 heterocycles. The summed E-state index contributed by atoms with van der Waals surface area (Å²) in [6.45, 7) is 4.00. The first kappa shape index (κ1) is 10.3. The van der Waals surface area contributed by atoms with Crippen LogP contribution in [-0.2, 0) is 0 Å². The normalized spacial score (nSPS) is 9.29. The van der Waals surface area contributed by atoms with Gasteiger partial charge in [-0.25, -0.2) is 4.79 Å². The third-order valence-corrected chi connectivity index (χ3v) is 1.64. The third-order valence-electron chi connectivity index (χ3n) is 1.64. The van der Waals surface area contributed by atoms with Crippen molar-refractivity contribution in [3.63, 3.8) is 0 Å². The lowest BCUT2D eigenvalue weighted by atomic mass is 10.2. The first-order valence-electron chi connectivity index (χ1n) is 4.49. The Kier molecular flexibility index (Phi) is 3.29. The molecule has 0 bridgehead atoms. The van der Waals surface area contributed by atoms with Crippen LogP contribution in [0.15, 0.2) is 34.7 Å². The van der Waals surface area contributed by atoms with E-state index in [1.807, 2.05) is 26.0 Å². The number of furan rings is 1. The summed E-state index contributed by atoms with van der Waals surface area (Å²) in [5.41, 5.74) is 0.606. The van der Waals surface area contributed by atoms with Gasteiger partial charge in [-0.15, -0.1) is 0 Å². The molecule has 1 aromatic carbocycles. The summed E-state index contributed by atoms with van der Waals surface area (Å²) in [7, 11) is 0. The zero-order valence-corrected chi connectivity index (χ0v) is 8.15. The first-order chi connectivity index (χ1) is 6.77. The van der Waals surface area contributed by atoms with Gasteiger partial charge in [0.25, 0.3) is 0 Å². The molecule has 0 unspecified atom stereocenters. The molecule has 1 aromatic heterocycles. The lowest BCUT2D eigenvalue weighted by Gasteiger charge is -1.83. The van der Waals surface area contributed by atoms with Gasteiger partial charge in [-0.05, 0) is 12.1 Å². The fraction of sp³-hybridized carbons (Fsp3) is 0.182. The molecule has 0 aliphatic rings. The first-order valence-corrected chi connectivity index (χ1v) is 4.49. The molecule has 1 N–H and O–H groups in total. The minimum atomic E-state index is -1.04. The van der Waals surface area contributed by atoms with Gasteiger partial charge in [-0.3, -0.25) is 0 Å². The minimum absolute atomic E-state index is 0.0174. The third kappa shape index (κ3) is 1.93. The van der Waals surface area contributed by atoms with Crippen molar-refractivity contribution in [3.8, 4) is 0 Å². The highest BCUT2D eigenvalue weighted by atomic mass is 16.4. The van der Waals surface area contributed by atoms with Crippen molar-refractivity contribution in [1.82, 2.24) is 0 Å².